The smallest absolute Gasteiger partial charge is 0.259 e. The number of nitrogens with one attached hydrogen (secondary N) is 1. The van der Waals surface area contributed by atoms with Gasteiger partial charge < -0.3 is 4.98 Å². The van der Waals surface area contributed by atoms with Gasteiger partial charge in [0.05, 0.1) is 5.56 Å². The molecule has 3 nitrogen and oxygen atoms in total. The second kappa shape index (κ2) is 3.40. The van der Waals surface area contributed by atoms with Crippen LogP contribution in [0.1, 0.15) is 43.7 Å². The first-order valence-corrected chi connectivity index (χ1v) is 4.57. The molecule has 0 saturated heterocycles. The Morgan fingerprint density at radius 1 is 1.29 bits per heavy atom. The lowest BCUT2D eigenvalue weighted by Gasteiger charge is -2.18. The van der Waals surface area contributed by atoms with Gasteiger partial charge in [-0.05, 0) is 19.1 Å². The average molecular weight is 193 g/mol. The molecule has 0 atom stereocenters. The number of H-pyrrole nitrogens is 1. The number of carbonyl (C=O) groups excluding carboxylic acids is 1. The van der Waals surface area contributed by atoms with Crippen molar-refractivity contribution in [2.24, 2.45) is 0 Å². The van der Waals surface area contributed by atoms with E-state index in [1.165, 1.54) is 6.92 Å². The maximum absolute atomic E-state index is 11.5. The van der Waals surface area contributed by atoms with Gasteiger partial charge in [0.15, 0.2) is 5.78 Å². The monoisotopic (exact) mass is 193 g/mol. The number of aromatic amines is 1. The second-order valence-corrected chi connectivity index (χ2v) is 4.42. The fourth-order valence-corrected chi connectivity index (χ4v) is 1.19. The van der Waals surface area contributed by atoms with Crippen LogP contribution >= 0.6 is 0 Å². The normalized spacial score (nSPS) is 11.4. The molecule has 0 aromatic carbocycles. The van der Waals surface area contributed by atoms with Crippen LogP contribution in [-0.2, 0) is 5.41 Å². The molecule has 76 valence electrons. The van der Waals surface area contributed by atoms with Gasteiger partial charge in [-0.1, -0.05) is 20.8 Å². The molecule has 0 bridgehead atoms. The Kier molecular flexibility index (Phi) is 2.60. The summed E-state index contributed by atoms with van der Waals surface area (Å²) in [5.74, 6) is -0.202. The molecule has 0 spiro atoms. The highest BCUT2D eigenvalue weighted by Crippen LogP contribution is 2.18. The number of hydrogen-bond donors (Lipinski definition) is 1. The van der Waals surface area contributed by atoms with E-state index in [0.29, 0.717) is 0 Å². The minimum Gasteiger partial charge on any atom is -0.325 e. The number of rotatable bonds is 1. The van der Waals surface area contributed by atoms with E-state index in [2.05, 4.69) is 4.98 Å². The molecule has 3 heteroatoms. The fraction of sp³-hybridized carbons (Fsp3) is 0.455. The van der Waals surface area contributed by atoms with Crippen molar-refractivity contribution in [2.75, 3.05) is 0 Å². The molecule has 0 fully saturated rings. The number of Topliss-reactive ketones (excluding diaryl/α,β-unsaturated/α-hetero) is 1. The molecule has 0 radical (unpaired) electrons. The summed E-state index contributed by atoms with van der Waals surface area (Å²) in [6, 6.07) is 3.37. The van der Waals surface area contributed by atoms with Crippen LogP contribution in [-0.4, -0.2) is 10.8 Å². The highest BCUT2D eigenvalue weighted by molar-refractivity contribution is 5.93. The van der Waals surface area contributed by atoms with Crippen molar-refractivity contribution in [3.05, 3.63) is 33.7 Å². The van der Waals surface area contributed by atoms with Crippen LogP contribution in [0.5, 0.6) is 0 Å². The highest BCUT2D eigenvalue weighted by atomic mass is 16.1. The van der Waals surface area contributed by atoms with Gasteiger partial charge in [0.1, 0.15) is 0 Å². The molecule has 1 rings (SSSR count). The van der Waals surface area contributed by atoms with Crippen LogP contribution in [0.25, 0.3) is 0 Å². The summed E-state index contributed by atoms with van der Waals surface area (Å²) in [4.78, 5) is 25.2. The quantitative estimate of drug-likeness (QED) is 0.692. The molecule has 0 aliphatic rings. The number of ketones is 1. The lowest BCUT2D eigenvalue weighted by atomic mass is 9.91. The molecule has 1 aromatic rings. The first-order chi connectivity index (χ1) is 6.32. The van der Waals surface area contributed by atoms with Crippen LogP contribution < -0.4 is 5.56 Å². The standard InChI is InChI=1S/C11H15NO2/c1-7(13)8-5-6-9(11(2,3)4)12-10(8)14/h5-6H,1-4H3,(H,12,14). The highest BCUT2D eigenvalue weighted by Gasteiger charge is 2.16. The van der Waals surface area contributed by atoms with Crippen molar-refractivity contribution in [2.45, 2.75) is 33.1 Å². The van der Waals surface area contributed by atoms with E-state index in [-0.39, 0.29) is 22.3 Å². The SMILES string of the molecule is CC(=O)c1ccc(C(C)(C)C)[nH]c1=O. The third-order valence-corrected chi connectivity index (χ3v) is 2.10. The molecular formula is C11H15NO2. The van der Waals surface area contributed by atoms with Gasteiger partial charge in [0.25, 0.3) is 5.56 Å². The Morgan fingerprint density at radius 3 is 2.21 bits per heavy atom. The van der Waals surface area contributed by atoms with E-state index in [9.17, 15) is 9.59 Å². The zero-order valence-electron chi connectivity index (χ0n) is 8.97. The van der Waals surface area contributed by atoms with E-state index in [0.717, 1.165) is 5.69 Å². The number of carbonyl (C=O) groups is 1. The Morgan fingerprint density at radius 2 is 1.86 bits per heavy atom. The largest absolute Gasteiger partial charge is 0.325 e. The lowest BCUT2D eigenvalue weighted by molar-refractivity contribution is 0.101. The first kappa shape index (κ1) is 10.7. The predicted molar refractivity (Wildman–Crippen MR) is 55.8 cm³/mol. The molecule has 0 saturated carbocycles. The van der Waals surface area contributed by atoms with Crippen LogP contribution in [0.3, 0.4) is 0 Å². The Hall–Kier alpha value is -1.38. The van der Waals surface area contributed by atoms with E-state index in [1.54, 1.807) is 12.1 Å². The molecule has 0 aliphatic heterocycles. The average Bonchev–Trinajstić information content (AvgIpc) is 2.01. The molecular weight excluding hydrogens is 178 g/mol. The Balaban J connectivity index is 3.27. The summed E-state index contributed by atoms with van der Waals surface area (Å²) in [6.07, 6.45) is 0. The first-order valence-electron chi connectivity index (χ1n) is 4.57. The van der Waals surface area contributed by atoms with Gasteiger partial charge >= 0.3 is 0 Å². The maximum Gasteiger partial charge on any atom is 0.259 e. The van der Waals surface area contributed by atoms with E-state index in [1.807, 2.05) is 20.8 Å². The van der Waals surface area contributed by atoms with Crippen molar-refractivity contribution >= 4 is 5.78 Å². The number of pyridine rings is 1. The predicted octanol–water partition coefficient (Wildman–Crippen LogP) is 1.87. The molecule has 1 heterocycles. The molecule has 0 unspecified atom stereocenters. The Labute approximate surface area is 83.2 Å². The molecule has 0 amide bonds. The Bertz CT molecular complexity index is 410. The van der Waals surface area contributed by atoms with Crippen molar-refractivity contribution in [3.63, 3.8) is 0 Å². The molecule has 0 aliphatic carbocycles. The second-order valence-electron chi connectivity index (χ2n) is 4.42. The summed E-state index contributed by atoms with van der Waals surface area (Å²) in [6.45, 7) is 7.41. The maximum atomic E-state index is 11.5. The summed E-state index contributed by atoms with van der Waals surface area (Å²) < 4.78 is 0. The van der Waals surface area contributed by atoms with Gasteiger partial charge in [-0.25, -0.2) is 0 Å². The summed E-state index contributed by atoms with van der Waals surface area (Å²) in [7, 11) is 0. The zero-order chi connectivity index (χ0) is 10.9. The summed E-state index contributed by atoms with van der Waals surface area (Å²) in [5, 5.41) is 0. The van der Waals surface area contributed by atoms with Crippen molar-refractivity contribution in [1.82, 2.24) is 4.98 Å². The number of aromatic nitrogens is 1. The van der Waals surface area contributed by atoms with E-state index in [4.69, 9.17) is 0 Å². The van der Waals surface area contributed by atoms with Crippen LogP contribution in [0, 0.1) is 0 Å². The third kappa shape index (κ3) is 2.10. The van der Waals surface area contributed by atoms with E-state index < -0.39 is 0 Å². The molecule has 1 aromatic heterocycles. The van der Waals surface area contributed by atoms with Crippen molar-refractivity contribution in [3.8, 4) is 0 Å². The zero-order valence-corrected chi connectivity index (χ0v) is 8.97. The van der Waals surface area contributed by atoms with Gasteiger partial charge in [-0.2, -0.15) is 0 Å². The minimum atomic E-state index is -0.301. The van der Waals surface area contributed by atoms with Crippen LogP contribution in [0.4, 0.5) is 0 Å². The summed E-state index contributed by atoms with van der Waals surface area (Å²) >= 11 is 0. The van der Waals surface area contributed by atoms with Crippen LogP contribution in [0.2, 0.25) is 0 Å². The van der Waals surface area contributed by atoms with Gasteiger partial charge in [-0.3, -0.25) is 9.59 Å². The van der Waals surface area contributed by atoms with Crippen molar-refractivity contribution in [1.29, 1.82) is 0 Å². The molecule has 14 heavy (non-hydrogen) atoms. The van der Waals surface area contributed by atoms with Crippen LogP contribution in [0.15, 0.2) is 16.9 Å². The van der Waals surface area contributed by atoms with Gasteiger partial charge in [0.2, 0.25) is 0 Å². The topological polar surface area (TPSA) is 49.9 Å². The number of hydrogen-bond acceptors (Lipinski definition) is 2. The fourth-order valence-electron chi connectivity index (χ4n) is 1.19. The lowest BCUT2D eigenvalue weighted by Crippen LogP contribution is -2.23. The summed E-state index contributed by atoms with van der Waals surface area (Å²) in [5.41, 5.74) is 0.657. The minimum absolute atomic E-state index is 0.103. The molecule has 1 N–H and O–H groups in total. The van der Waals surface area contributed by atoms with Crippen molar-refractivity contribution < 1.29 is 4.79 Å². The van der Waals surface area contributed by atoms with E-state index >= 15 is 0 Å². The third-order valence-electron chi connectivity index (χ3n) is 2.10. The van der Waals surface area contributed by atoms with Gasteiger partial charge in [-0.15, -0.1) is 0 Å². The van der Waals surface area contributed by atoms with Gasteiger partial charge in [0, 0.05) is 11.1 Å².